The molecule has 0 aliphatic rings. The van der Waals surface area contributed by atoms with Gasteiger partial charge in [0.1, 0.15) is 27.0 Å². The average molecular weight is 711 g/mol. The van der Waals surface area contributed by atoms with Gasteiger partial charge >= 0.3 is 12.7 Å². The van der Waals surface area contributed by atoms with Crippen molar-refractivity contribution >= 4 is 54.7 Å². The molecule has 0 amide bonds. The van der Waals surface area contributed by atoms with Crippen LogP contribution in [0.4, 0.5) is 26.3 Å². The lowest BCUT2D eigenvalue weighted by Gasteiger charge is -2.11. The van der Waals surface area contributed by atoms with Crippen molar-refractivity contribution in [2.24, 2.45) is 0 Å². The molecule has 0 saturated heterocycles. The summed E-state index contributed by atoms with van der Waals surface area (Å²) in [7, 11) is 0. The maximum atomic E-state index is 12.5. The van der Waals surface area contributed by atoms with E-state index in [4.69, 9.17) is 11.6 Å². The number of alkyl halides is 6. The Hall–Kier alpha value is -4.01. The average Bonchev–Trinajstić information content (AvgIpc) is 3.54. The maximum absolute atomic E-state index is 12.5. The quantitative estimate of drug-likeness (QED) is 0.121. The van der Waals surface area contributed by atoms with E-state index in [9.17, 15) is 26.3 Å². The number of hydrogen-bond donors (Lipinski definition) is 0. The molecule has 4 heterocycles. The highest BCUT2D eigenvalue weighted by Crippen LogP contribution is 2.36. The van der Waals surface area contributed by atoms with Crippen LogP contribution in [0, 0.1) is 13.8 Å². The first-order valence-electron chi connectivity index (χ1n) is 14.1. The minimum Gasteiger partial charge on any atom is -0.406 e. The number of aryl methyl sites for hydroxylation is 3. The van der Waals surface area contributed by atoms with E-state index in [2.05, 4.69) is 36.3 Å². The number of ether oxygens (including phenoxy) is 2. The molecule has 6 rings (SSSR count). The molecule has 6 nitrogen and oxygen atoms in total. The lowest BCUT2D eigenvalue weighted by molar-refractivity contribution is -0.275. The van der Waals surface area contributed by atoms with Gasteiger partial charge in [-0.3, -0.25) is 0 Å². The number of benzene rings is 2. The topological polar surface area (TPSA) is 70.0 Å². The Kier molecular flexibility index (Phi) is 10.2. The molecule has 0 saturated carbocycles. The molecule has 0 fully saturated rings. The first-order valence-corrected chi connectivity index (χ1v) is 16.1. The van der Waals surface area contributed by atoms with Crippen LogP contribution in [0.3, 0.4) is 0 Å². The maximum Gasteiger partial charge on any atom is 0.573 e. The summed E-state index contributed by atoms with van der Waals surface area (Å²) in [6.45, 7) is 5.98. The predicted molar refractivity (Wildman–Crippen MR) is 172 cm³/mol. The largest absolute Gasteiger partial charge is 0.573 e. The fourth-order valence-corrected chi connectivity index (χ4v) is 6.67. The highest BCUT2D eigenvalue weighted by Gasteiger charge is 2.32. The van der Waals surface area contributed by atoms with Crippen LogP contribution in [0.25, 0.3) is 42.9 Å². The number of hydrogen-bond acceptors (Lipinski definition) is 8. The van der Waals surface area contributed by atoms with Crippen molar-refractivity contribution < 1.29 is 35.8 Å². The van der Waals surface area contributed by atoms with Crippen molar-refractivity contribution in [2.45, 2.75) is 52.8 Å². The van der Waals surface area contributed by atoms with Gasteiger partial charge in [0.2, 0.25) is 5.28 Å². The first-order chi connectivity index (χ1) is 22.2. The van der Waals surface area contributed by atoms with Crippen LogP contribution >= 0.6 is 34.3 Å². The molecule has 4 aromatic heterocycles. The zero-order valence-electron chi connectivity index (χ0n) is 25.0. The molecule has 0 N–H and O–H groups in total. The predicted octanol–water partition coefficient (Wildman–Crippen LogP) is 11.1. The fraction of sp³-hybridized carbons (Fsp3) is 0.250. The fourth-order valence-electron chi connectivity index (χ4n) is 4.67. The molecule has 47 heavy (non-hydrogen) atoms. The standard InChI is InChI=1S/C18H17F3N2OS.C14H8ClF3N2OS/c1-3-4-8-15-22-16(14-9-11(2)25-17(14)23-15)12-6-5-7-13(10-12)24-18(19,20)21;1-7-5-10-11(19-13(15)20-12(10)22-7)8-3-2-4-9(6-8)21-14(16,17)18/h5-7,9-10H,3-4,8H2,1-2H3;2-6H,1H3. The third-order valence-corrected chi connectivity index (χ3v) is 8.54. The molecular weight excluding hydrogens is 686 g/mol. The molecule has 246 valence electrons. The first kappa shape index (κ1) is 34.3. The molecule has 6 aromatic rings. The van der Waals surface area contributed by atoms with E-state index in [0.717, 1.165) is 44.6 Å². The van der Waals surface area contributed by atoms with Gasteiger partial charge in [0, 0.05) is 38.1 Å². The summed E-state index contributed by atoms with van der Waals surface area (Å²) in [6, 6.07) is 15.4. The van der Waals surface area contributed by atoms with Gasteiger partial charge in [-0.1, -0.05) is 37.6 Å². The second-order valence-electron chi connectivity index (χ2n) is 10.2. The van der Waals surface area contributed by atoms with Crippen LogP contribution in [-0.4, -0.2) is 32.7 Å². The van der Waals surface area contributed by atoms with Crippen LogP contribution < -0.4 is 9.47 Å². The van der Waals surface area contributed by atoms with Crippen molar-refractivity contribution in [3.63, 3.8) is 0 Å². The minimum atomic E-state index is -4.74. The van der Waals surface area contributed by atoms with E-state index in [1.165, 1.54) is 47.7 Å². The Labute approximate surface area is 278 Å². The van der Waals surface area contributed by atoms with Gasteiger partial charge in [0.05, 0.1) is 11.4 Å². The van der Waals surface area contributed by atoms with Crippen LogP contribution in [-0.2, 0) is 6.42 Å². The van der Waals surface area contributed by atoms with Gasteiger partial charge in [-0.15, -0.1) is 49.0 Å². The summed E-state index contributed by atoms with van der Waals surface area (Å²) in [5, 5.41) is 1.65. The van der Waals surface area contributed by atoms with Gasteiger partial charge in [-0.05, 0) is 68.3 Å². The molecule has 0 aliphatic heterocycles. The third-order valence-electron chi connectivity index (χ3n) is 6.49. The van der Waals surface area contributed by atoms with E-state index >= 15 is 0 Å². The van der Waals surface area contributed by atoms with E-state index in [1.54, 1.807) is 23.5 Å². The lowest BCUT2D eigenvalue weighted by Crippen LogP contribution is -2.17. The third kappa shape index (κ3) is 9.08. The normalized spacial score (nSPS) is 11.9. The molecule has 15 heteroatoms. The summed E-state index contributed by atoms with van der Waals surface area (Å²) >= 11 is 8.91. The Morgan fingerprint density at radius 3 is 1.66 bits per heavy atom. The number of fused-ring (bicyclic) bond motifs is 2. The van der Waals surface area contributed by atoms with Crippen molar-refractivity contribution in [2.75, 3.05) is 0 Å². The van der Waals surface area contributed by atoms with Crippen LogP contribution in [0.15, 0.2) is 60.7 Å². The number of thiophene rings is 2. The van der Waals surface area contributed by atoms with Crippen LogP contribution in [0.2, 0.25) is 5.28 Å². The van der Waals surface area contributed by atoms with Gasteiger partial charge in [0.15, 0.2) is 0 Å². The van der Waals surface area contributed by atoms with Crippen molar-refractivity contribution in [1.29, 1.82) is 0 Å². The Morgan fingerprint density at radius 1 is 0.681 bits per heavy atom. The summed E-state index contributed by atoms with van der Waals surface area (Å²) in [5.74, 6) is 0.159. The molecule has 0 unspecified atom stereocenters. The second-order valence-corrected chi connectivity index (χ2v) is 13.0. The summed E-state index contributed by atoms with van der Waals surface area (Å²) < 4.78 is 82.4. The van der Waals surface area contributed by atoms with Crippen molar-refractivity contribution in [1.82, 2.24) is 19.9 Å². The number of halogens is 7. The molecular formula is C32H25ClF6N4O2S2. The summed E-state index contributed by atoms with van der Waals surface area (Å²) in [6.07, 6.45) is -6.72. The smallest absolute Gasteiger partial charge is 0.406 e. The Morgan fingerprint density at radius 2 is 1.17 bits per heavy atom. The zero-order valence-corrected chi connectivity index (χ0v) is 27.4. The number of aromatic nitrogens is 4. The summed E-state index contributed by atoms with van der Waals surface area (Å²) in [4.78, 5) is 21.1. The molecule has 0 spiro atoms. The van der Waals surface area contributed by atoms with Gasteiger partial charge < -0.3 is 9.47 Å². The van der Waals surface area contributed by atoms with Gasteiger partial charge in [-0.25, -0.2) is 19.9 Å². The van der Waals surface area contributed by atoms with Crippen LogP contribution in [0.1, 0.15) is 35.3 Å². The molecule has 2 aromatic carbocycles. The Balaban J connectivity index is 0.000000186. The van der Waals surface area contributed by atoms with E-state index in [0.29, 0.717) is 33.2 Å². The highest BCUT2D eigenvalue weighted by molar-refractivity contribution is 7.19. The van der Waals surface area contributed by atoms with E-state index < -0.39 is 12.7 Å². The van der Waals surface area contributed by atoms with E-state index in [1.807, 2.05) is 26.0 Å². The lowest BCUT2D eigenvalue weighted by atomic mass is 10.1. The highest BCUT2D eigenvalue weighted by atomic mass is 35.5. The monoisotopic (exact) mass is 710 g/mol. The number of unbranched alkanes of at least 4 members (excludes halogenated alkanes) is 1. The Bertz CT molecular complexity index is 2030. The zero-order chi connectivity index (χ0) is 33.9. The molecule has 0 bridgehead atoms. The van der Waals surface area contributed by atoms with Crippen molar-refractivity contribution in [3.8, 4) is 34.0 Å². The molecule has 0 atom stereocenters. The number of nitrogens with zero attached hydrogens (tertiary/aromatic N) is 4. The van der Waals surface area contributed by atoms with Crippen molar-refractivity contribution in [3.05, 3.63) is 81.5 Å². The number of rotatable bonds is 7. The molecule has 0 aliphatic carbocycles. The van der Waals surface area contributed by atoms with Gasteiger partial charge in [-0.2, -0.15) is 0 Å². The SMILES string of the molecule is CCCCc1nc(-c2cccc(OC(F)(F)F)c2)c2cc(C)sc2n1.Cc1cc2c(-c3cccc(OC(F)(F)F)c3)nc(Cl)nc2s1. The summed E-state index contributed by atoms with van der Waals surface area (Å²) in [5.41, 5.74) is 2.19. The molecule has 0 radical (unpaired) electrons. The van der Waals surface area contributed by atoms with E-state index in [-0.39, 0.29) is 16.8 Å². The minimum absolute atomic E-state index is 0.0477. The second kappa shape index (κ2) is 14.0. The van der Waals surface area contributed by atoms with Crippen LogP contribution in [0.5, 0.6) is 11.5 Å². The van der Waals surface area contributed by atoms with Gasteiger partial charge in [0.25, 0.3) is 0 Å².